The zero-order chi connectivity index (χ0) is 22.1. The first-order chi connectivity index (χ1) is 15.5. The van der Waals surface area contributed by atoms with E-state index in [1.165, 1.54) is 12.1 Å². The van der Waals surface area contributed by atoms with Gasteiger partial charge in [0.15, 0.2) is 0 Å². The van der Waals surface area contributed by atoms with Gasteiger partial charge in [0.25, 0.3) is 0 Å². The van der Waals surface area contributed by atoms with E-state index in [1.54, 1.807) is 24.5 Å². The zero-order valence-corrected chi connectivity index (χ0v) is 17.5. The van der Waals surface area contributed by atoms with E-state index in [1.807, 2.05) is 48.5 Å². The molecule has 5 rings (SSSR count). The summed E-state index contributed by atoms with van der Waals surface area (Å²) >= 11 is 0. The molecule has 4 N–H and O–H groups in total. The Kier molecular flexibility index (Phi) is 4.89. The SMILES string of the molecule is NS(=O)(=O)c1ccc(Nc2ncc3cccc(-c4ccc(-c5ccn[nH]5)cc4)c3n2)cc1. The molecule has 0 aliphatic carbocycles. The number of rotatable bonds is 5. The monoisotopic (exact) mass is 442 g/mol. The number of aromatic amines is 1. The summed E-state index contributed by atoms with van der Waals surface area (Å²) in [5, 5.41) is 16.1. The highest BCUT2D eigenvalue weighted by molar-refractivity contribution is 7.89. The fourth-order valence-corrected chi connectivity index (χ4v) is 3.97. The van der Waals surface area contributed by atoms with Crippen molar-refractivity contribution in [3.05, 3.63) is 85.2 Å². The first kappa shape index (κ1) is 19.9. The number of nitrogens with zero attached hydrogens (tertiary/aromatic N) is 3. The lowest BCUT2D eigenvalue weighted by molar-refractivity contribution is 0.598. The number of H-pyrrole nitrogens is 1. The lowest BCUT2D eigenvalue weighted by atomic mass is 10.0. The van der Waals surface area contributed by atoms with Crippen LogP contribution in [0.5, 0.6) is 0 Å². The van der Waals surface area contributed by atoms with E-state index in [0.29, 0.717) is 11.6 Å². The molecule has 5 aromatic rings. The van der Waals surface area contributed by atoms with Gasteiger partial charge >= 0.3 is 0 Å². The van der Waals surface area contributed by atoms with Gasteiger partial charge in [0, 0.05) is 29.0 Å². The minimum absolute atomic E-state index is 0.0448. The van der Waals surface area contributed by atoms with Crippen LogP contribution in [0, 0.1) is 0 Å². The molecule has 0 saturated carbocycles. The number of benzene rings is 3. The lowest BCUT2D eigenvalue weighted by Crippen LogP contribution is -2.11. The quantitative estimate of drug-likeness (QED) is 0.376. The maximum Gasteiger partial charge on any atom is 0.238 e. The molecule has 0 aliphatic rings. The molecule has 0 unspecified atom stereocenters. The third-order valence-corrected chi connectivity index (χ3v) is 5.99. The van der Waals surface area contributed by atoms with Crippen LogP contribution in [0.2, 0.25) is 0 Å². The maximum absolute atomic E-state index is 11.4. The van der Waals surface area contributed by atoms with Crippen molar-refractivity contribution in [2.45, 2.75) is 4.90 Å². The van der Waals surface area contributed by atoms with E-state index in [9.17, 15) is 8.42 Å². The standard InChI is InChI=1S/C23H18N6O2S/c24-32(30,31)19-10-8-18(9-11-19)27-23-25-14-17-2-1-3-20(22(17)28-23)15-4-6-16(7-5-15)21-12-13-26-29-21/h1-14H,(H,26,29)(H2,24,30,31)(H,25,27,28). The normalized spacial score (nSPS) is 11.5. The second-order valence-electron chi connectivity index (χ2n) is 7.18. The van der Waals surface area contributed by atoms with Crippen LogP contribution >= 0.6 is 0 Å². The van der Waals surface area contributed by atoms with Crippen LogP contribution in [0.1, 0.15) is 0 Å². The molecule has 0 spiro atoms. The van der Waals surface area contributed by atoms with Crippen molar-refractivity contribution >= 4 is 32.6 Å². The second kappa shape index (κ2) is 7.88. The van der Waals surface area contributed by atoms with E-state index in [4.69, 9.17) is 10.1 Å². The Labute approximate surface area is 184 Å². The molecule has 0 atom stereocenters. The van der Waals surface area contributed by atoms with E-state index < -0.39 is 10.0 Å². The van der Waals surface area contributed by atoms with Crippen LogP contribution in [0.3, 0.4) is 0 Å². The molecule has 2 heterocycles. The van der Waals surface area contributed by atoms with Gasteiger partial charge in [-0.05, 0) is 41.5 Å². The number of hydrogen-bond donors (Lipinski definition) is 3. The summed E-state index contributed by atoms with van der Waals surface area (Å²) in [7, 11) is -3.74. The summed E-state index contributed by atoms with van der Waals surface area (Å²) in [5.41, 5.74) is 5.47. The molecule has 0 fully saturated rings. The van der Waals surface area contributed by atoms with Crippen molar-refractivity contribution in [3.8, 4) is 22.4 Å². The molecule has 8 nitrogen and oxygen atoms in total. The van der Waals surface area contributed by atoms with Gasteiger partial charge in [-0.1, -0.05) is 42.5 Å². The molecule has 3 aromatic carbocycles. The molecule has 0 bridgehead atoms. The zero-order valence-electron chi connectivity index (χ0n) is 16.7. The molecule has 0 amide bonds. The molecule has 158 valence electrons. The summed E-state index contributed by atoms with van der Waals surface area (Å²) < 4.78 is 22.9. The number of nitrogens with two attached hydrogens (primary N) is 1. The first-order valence-corrected chi connectivity index (χ1v) is 11.3. The minimum Gasteiger partial charge on any atom is -0.324 e. The molecule has 0 saturated heterocycles. The van der Waals surface area contributed by atoms with Crippen LogP contribution in [-0.4, -0.2) is 28.6 Å². The predicted octanol–water partition coefficient (Wildman–Crippen LogP) is 4.08. The Morgan fingerprint density at radius 2 is 1.62 bits per heavy atom. The highest BCUT2D eigenvalue weighted by Gasteiger charge is 2.10. The summed E-state index contributed by atoms with van der Waals surface area (Å²) in [5.74, 6) is 0.405. The number of aromatic nitrogens is 4. The van der Waals surface area contributed by atoms with E-state index in [-0.39, 0.29) is 4.90 Å². The van der Waals surface area contributed by atoms with Crippen molar-refractivity contribution in [1.29, 1.82) is 0 Å². The van der Waals surface area contributed by atoms with Crippen molar-refractivity contribution in [2.75, 3.05) is 5.32 Å². The van der Waals surface area contributed by atoms with Gasteiger partial charge in [0.1, 0.15) is 0 Å². The number of fused-ring (bicyclic) bond motifs is 1. The predicted molar refractivity (Wildman–Crippen MR) is 124 cm³/mol. The third-order valence-electron chi connectivity index (χ3n) is 5.06. The number of sulfonamides is 1. The average Bonchev–Trinajstić information content (AvgIpc) is 3.34. The molecule has 9 heteroatoms. The summed E-state index contributed by atoms with van der Waals surface area (Å²) in [6.07, 6.45) is 3.48. The Morgan fingerprint density at radius 1 is 0.875 bits per heavy atom. The number of primary sulfonamides is 1. The number of hydrogen-bond acceptors (Lipinski definition) is 6. The molecule has 2 aromatic heterocycles. The van der Waals surface area contributed by atoms with Crippen LogP contribution in [-0.2, 0) is 10.0 Å². The number of para-hydroxylation sites is 1. The Bertz CT molecular complexity index is 1500. The Morgan fingerprint density at radius 3 is 2.31 bits per heavy atom. The topological polar surface area (TPSA) is 127 Å². The van der Waals surface area contributed by atoms with E-state index >= 15 is 0 Å². The smallest absolute Gasteiger partial charge is 0.238 e. The molecular weight excluding hydrogens is 424 g/mol. The van der Waals surface area contributed by atoms with Crippen molar-refractivity contribution in [2.24, 2.45) is 5.14 Å². The number of nitrogens with one attached hydrogen (secondary N) is 2. The van der Waals surface area contributed by atoms with Crippen LogP contribution in [0.25, 0.3) is 33.3 Å². The van der Waals surface area contributed by atoms with Gasteiger partial charge in [-0.15, -0.1) is 0 Å². The fraction of sp³-hybridized carbons (Fsp3) is 0. The second-order valence-corrected chi connectivity index (χ2v) is 8.74. The summed E-state index contributed by atoms with van der Waals surface area (Å²) in [4.78, 5) is 9.13. The first-order valence-electron chi connectivity index (χ1n) is 9.73. The average molecular weight is 443 g/mol. The van der Waals surface area contributed by atoms with Gasteiger partial charge < -0.3 is 5.32 Å². The van der Waals surface area contributed by atoms with Gasteiger partial charge in [-0.3, -0.25) is 5.10 Å². The maximum atomic E-state index is 11.4. The lowest BCUT2D eigenvalue weighted by Gasteiger charge is -2.10. The minimum atomic E-state index is -3.74. The Hall–Kier alpha value is -4.08. The van der Waals surface area contributed by atoms with Crippen molar-refractivity contribution < 1.29 is 8.42 Å². The van der Waals surface area contributed by atoms with Crippen LogP contribution in [0.4, 0.5) is 11.6 Å². The molecule has 32 heavy (non-hydrogen) atoms. The van der Waals surface area contributed by atoms with Gasteiger partial charge in [0.05, 0.1) is 16.1 Å². The van der Waals surface area contributed by atoms with Gasteiger partial charge in [-0.25, -0.2) is 23.5 Å². The molecular formula is C23H18N6O2S. The summed E-state index contributed by atoms with van der Waals surface area (Å²) in [6, 6.07) is 22.2. The molecule has 0 aliphatic heterocycles. The highest BCUT2D eigenvalue weighted by Crippen LogP contribution is 2.30. The fourth-order valence-electron chi connectivity index (χ4n) is 3.45. The van der Waals surface area contributed by atoms with Crippen LogP contribution in [0.15, 0.2) is 90.1 Å². The van der Waals surface area contributed by atoms with Crippen molar-refractivity contribution in [1.82, 2.24) is 20.2 Å². The number of anilines is 2. The van der Waals surface area contributed by atoms with Crippen LogP contribution < -0.4 is 10.5 Å². The summed E-state index contributed by atoms with van der Waals surface area (Å²) in [6.45, 7) is 0. The van der Waals surface area contributed by atoms with Crippen molar-refractivity contribution in [3.63, 3.8) is 0 Å². The van der Waals surface area contributed by atoms with E-state index in [2.05, 4.69) is 20.5 Å². The molecule has 0 radical (unpaired) electrons. The Balaban J connectivity index is 1.48. The van der Waals surface area contributed by atoms with Gasteiger partial charge in [0.2, 0.25) is 16.0 Å². The highest BCUT2D eigenvalue weighted by atomic mass is 32.2. The third kappa shape index (κ3) is 3.94. The van der Waals surface area contributed by atoms with E-state index in [0.717, 1.165) is 33.3 Å². The van der Waals surface area contributed by atoms with Gasteiger partial charge in [-0.2, -0.15) is 5.10 Å². The largest absolute Gasteiger partial charge is 0.324 e.